The van der Waals surface area contributed by atoms with Gasteiger partial charge in [0, 0.05) is 71.9 Å². The number of phosphoric acid groups is 3. The SMILES string of the molecule is CCS(=S)CO[C@H]1C[C@H](C2C=C(C#CCCC(=O)OCCCCOCS)C(=N)NC2=O)O[C@@H]1COP(=O)(O)OP(=O)(O)OP(=O)(O)O.C[NH+]=c1ccc2c(-c3cc(C(=O)CCCOCCOCCNC(=O)OCCC(C)(C)S)ccc3C(=O)O)c3ccc(N)c(S(=O)(=O)O)c3oc-2c1S(=O)(=O)O. The smallest absolute Gasteiger partial charge is 0.478 e. The van der Waals surface area contributed by atoms with E-state index in [0.717, 1.165) is 12.5 Å². The minimum atomic E-state index is -5.74. The third-order valence-electron chi connectivity index (χ3n) is 14.2. The molecule has 566 valence electrons. The highest BCUT2D eigenvalue weighted by molar-refractivity contribution is 8.28. The highest BCUT2D eigenvalue weighted by atomic mass is 32.8. The molecule has 4 unspecified atom stereocenters. The summed E-state index contributed by atoms with van der Waals surface area (Å²) in [6.07, 6.45) is 0.353. The number of nitrogens with one attached hydrogen (secondary N) is 4. The number of rotatable bonds is 38. The molecule has 0 radical (unpaired) electrons. The number of esters is 1. The number of benzene rings is 3. The van der Waals surface area contributed by atoms with Crippen LogP contribution in [0.25, 0.3) is 33.4 Å². The number of carbonyl (C=O) groups excluding carboxylic acids is 4. The van der Waals surface area contributed by atoms with E-state index in [2.05, 4.69) is 61.3 Å². The van der Waals surface area contributed by atoms with Gasteiger partial charge in [0.1, 0.15) is 19.0 Å². The number of carbonyl (C=O) groups is 5. The summed E-state index contributed by atoms with van der Waals surface area (Å²) in [5.74, 6) is 1.82. The third-order valence-corrected chi connectivity index (χ3v) is 22.3. The van der Waals surface area contributed by atoms with Crippen LogP contribution in [0.5, 0.6) is 0 Å². The van der Waals surface area contributed by atoms with Crippen LogP contribution in [0.2, 0.25) is 0 Å². The Bertz CT molecular complexity index is 4250. The first-order valence-electron chi connectivity index (χ1n) is 30.5. The molecule has 6 rings (SSSR count). The van der Waals surface area contributed by atoms with E-state index in [9.17, 15) is 78.5 Å². The van der Waals surface area contributed by atoms with Crippen LogP contribution < -0.4 is 26.7 Å². The summed E-state index contributed by atoms with van der Waals surface area (Å²) in [5, 5.41) is 23.0. The number of carboxylic acids is 1. The van der Waals surface area contributed by atoms with Gasteiger partial charge < -0.3 is 78.6 Å². The van der Waals surface area contributed by atoms with Gasteiger partial charge in [0.2, 0.25) is 16.2 Å². The maximum absolute atomic E-state index is 13.4. The Hall–Kier alpha value is -5.45. The van der Waals surface area contributed by atoms with Crippen molar-refractivity contribution in [3.05, 3.63) is 70.6 Å². The average Bonchev–Trinajstić information content (AvgIpc) is 0.819. The number of unbranched alkanes of at least 4 members (excludes halogenated alkanes) is 1. The molecule has 1 saturated heterocycles. The minimum absolute atomic E-state index is 0.0147. The maximum Gasteiger partial charge on any atom is 0.490 e. The summed E-state index contributed by atoms with van der Waals surface area (Å²) in [6, 6.07) is 8.79. The molecule has 7 atom stereocenters. The van der Waals surface area contributed by atoms with Crippen LogP contribution in [0.3, 0.4) is 0 Å². The fourth-order valence-electron chi connectivity index (χ4n) is 9.54. The van der Waals surface area contributed by atoms with E-state index in [1.54, 1.807) is 0 Å². The standard InChI is InChI=1S/C35H41N3O14S3.C23H37N2O16P3S3/c1-35(2,53)12-15-51-34(42)38-13-16-50-18-17-49-14-4-5-27(39)20-6-7-21(33(40)41)24(19-20)28-22-8-10-25(36)31(54(43,44)45)29(22)52-30-23(28)9-11-26(37-3)32(30)55(46,47)48;1-2-47(46)15-37-19-12-18(39-20(19)13-38-43(31,32)41-44(33,34)40-42(28,29)30)17-11-16(22(24)25-23(17)27)7-3-4-8-21(26)36-10-6-5-9-35-14-45/h6-11,19,53H,4-5,12-18,36H2,1-3H3,(H,38,42)(H,40,41)(H,43,44,45)(H,46,47,48);11,17-20,45H,2,4-6,8-10,12-15H2,1H3,(H,31,32)(H,33,34)(H2,24,25,27)(H2,28,29,30)/p+1/t;17?,18-,19+,20-,47?/m.1/s1. The number of ketones is 1. The zero-order valence-electron chi connectivity index (χ0n) is 55.0. The van der Waals surface area contributed by atoms with Gasteiger partial charge in [0.15, 0.2) is 22.0 Å². The van der Waals surface area contributed by atoms with Gasteiger partial charge in [-0.2, -0.15) is 50.7 Å². The zero-order chi connectivity index (χ0) is 76.0. The Morgan fingerprint density at radius 3 is 2.20 bits per heavy atom. The molecule has 13 N–H and O–H groups in total. The molecule has 3 aliphatic heterocycles. The molecule has 0 spiro atoms. The lowest BCUT2D eigenvalue weighted by molar-refractivity contribution is -0.467. The number of carboxylic acid groups (broad SMARTS) is 1. The normalized spacial score (nSPS) is 18.2. The van der Waals surface area contributed by atoms with Crippen molar-refractivity contribution in [3.8, 4) is 34.3 Å². The number of alkyl carbamates (subject to hydrolysis) is 1. The number of ether oxygens (including phenoxy) is 7. The molecule has 35 nitrogen and oxygen atoms in total. The van der Waals surface area contributed by atoms with Crippen LogP contribution in [-0.4, -0.2) is 193 Å². The molecule has 2 amide bonds. The fourth-order valence-corrected chi connectivity index (χ4v) is 15.0. The van der Waals surface area contributed by atoms with E-state index >= 15 is 0 Å². The lowest BCUT2D eigenvalue weighted by atomic mass is 9.88. The first kappa shape index (κ1) is 87.2. The molecule has 3 heterocycles. The summed E-state index contributed by atoms with van der Waals surface area (Å²) >= 11 is 13.6. The van der Waals surface area contributed by atoms with E-state index in [-0.39, 0.29) is 139 Å². The Balaban J connectivity index is 0.000000372. The number of amides is 2. The first-order valence-corrected chi connectivity index (χ1v) is 41.5. The Morgan fingerprint density at radius 2 is 1.56 bits per heavy atom. The molecule has 44 heteroatoms. The fraction of sp³-hybridized carbons (Fsp3) is 0.500. The van der Waals surface area contributed by atoms with E-state index < -0.39 is 141 Å². The van der Waals surface area contributed by atoms with E-state index in [1.807, 2.05) is 20.8 Å². The molecule has 0 bridgehead atoms. The van der Waals surface area contributed by atoms with Crippen molar-refractivity contribution < 1.29 is 144 Å². The Kier molecular flexibility index (Phi) is 34.0. The van der Waals surface area contributed by atoms with Crippen molar-refractivity contribution in [1.82, 2.24) is 10.6 Å². The second kappa shape index (κ2) is 39.8. The number of Topliss-reactive ketones (excluding diaryl/α,β-unsaturated/α-hetero) is 1. The van der Waals surface area contributed by atoms with Crippen molar-refractivity contribution in [2.75, 3.05) is 89.8 Å². The molecule has 4 aliphatic rings. The highest BCUT2D eigenvalue weighted by Gasteiger charge is 2.46. The maximum atomic E-state index is 13.4. The Morgan fingerprint density at radius 1 is 0.882 bits per heavy atom. The number of anilines is 1. The molecule has 2 aromatic carbocycles. The van der Waals surface area contributed by atoms with Gasteiger partial charge in [-0.05, 0) is 78.5 Å². The van der Waals surface area contributed by atoms with Crippen molar-refractivity contribution in [1.29, 1.82) is 5.41 Å². The van der Waals surface area contributed by atoms with Crippen LogP contribution in [0, 0.1) is 23.2 Å². The van der Waals surface area contributed by atoms with Gasteiger partial charge >= 0.3 is 51.6 Å². The van der Waals surface area contributed by atoms with Crippen molar-refractivity contribution in [3.63, 3.8) is 0 Å². The molecular formula is C58H79N5O30P3S6+. The van der Waals surface area contributed by atoms with E-state index in [1.165, 1.54) is 49.5 Å². The molecule has 1 fully saturated rings. The largest absolute Gasteiger partial charge is 0.490 e. The summed E-state index contributed by atoms with van der Waals surface area (Å²) in [6.45, 7) is 6.96. The lowest BCUT2D eigenvalue weighted by Gasteiger charge is -2.25. The number of thiol groups is 2. The number of hydrogen-bond donors (Lipinski definition) is 14. The second-order valence-electron chi connectivity index (χ2n) is 22.4. The number of nitrogen functional groups attached to an aromatic ring is 1. The van der Waals surface area contributed by atoms with Crippen molar-refractivity contribution in [2.45, 2.75) is 105 Å². The van der Waals surface area contributed by atoms with Crippen molar-refractivity contribution in [2.24, 2.45) is 5.92 Å². The Labute approximate surface area is 603 Å². The summed E-state index contributed by atoms with van der Waals surface area (Å²) < 4.78 is 161. The molecule has 1 aliphatic carbocycles. The molecule has 2 aromatic rings. The zero-order valence-corrected chi connectivity index (χ0v) is 62.8. The number of phosphoric ester groups is 1. The van der Waals surface area contributed by atoms with Gasteiger partial charge in [-0.1, -0.05) is 54.2 Å². The van der Waals surface area contributed by atoms with E-state index in [0.29, 0.717) is 31.1 Å². The number of hydrogen-bond acceptors (Lipinski definition) is 28. The van der Waals surface area contributed by atoms with Crippen LogP contribution in [0.4, 0.5) is 10.5 Å². The van der Waals surface area contributed by atoms with Crippen LogP contribution >= 0.6 is 48.7 Å². The molecule has 102 heavy (non-hydrogen) atoms. The minimum Gasteiger partial charge on any atom is -0.478 e. The summed E-state index contributed by atoms with van der Waals surface area (Å²) in [7, 11) is -26.2. The summed E-state index contributed by atoms with van der Waals surface area (Å²) in [5.41, 5.74) is 4.36. The lowest BCUT2D eigenvalue weighted by Crippen LogP contribution is -2.72. The predicted molar refractivity (Wildman–Crippen MR) is 374 cm³/mol. The van der Waals surface area contributed by atoms with Gasteiger partial charge in [0.05, 0.1) is 92.9 Å². The molecule has 0 aromatic heterocycles. The summed E-state index contributed by atoms with van der Waals surface area (Å²) in [4.78, 5) is 99.9. The third kappa shape index (κ3) is 28.1. The van der Waals surface area contributed by atoms with Gasteiger partial charge in [-0.25, -0.2) is 28.3 Å². The van der Waals surface area contributed by atoms with Crippen LogP contribution in [0.15, 0.2) is 68.3 Å². The van der Waals surface area contributed by atoms with Gasteiger partial charge in [-0.3, -0.25) is 33.4 Å². The van der Waals surface area contributed by atoms with Crippen molar-refractivity contribution >= 4 is 142 Å². The van der Waals surface area contributed by atoms with Gasteiger partial charge in [0.25, 0.3) is 10.1 Å². The number of aromatic carboxylic acids is 1. The monoisotopic (exact) mass is 1610 g/mol. The predicted octanol–water partition coefficient (Wildman–Crippen LogP) is 4.00. The van der Waals surface area contributed by atoms with Crippen LogP contribution in [-0.2, 0) is 110 Å². The van der Waals surface area contributed by atoms with Gasteiger partial charge in [-0.15, -0.1) is 0 Å². The number of nitrogens with two attached hydrogens (primary N) is 1. The van der Waals surface area contributed by atoms with E-state index in [4.69, 9.17) is 74.2 Å². The topological polar surface area (TPSA) is 540 Å². The number of fused-ring (bicyclic) bond motifs is 2. The average molecular weight is 1610 g/mol. The number of amidine groups is 1. The van der Waals surface area contributed by atoms with Crippen LogP contribution in [0.1, 0.15) is 92.9 Å². The molecular weight excluding hydrogens is 1530 g/mol. The second-order valence-corrected chi connectivity index (χ2v) is 34.1. The first-order chi connectivity index (χ1) is 47.7. The molecule has 0 saturated carbocycles. The highest BCUT2D eigenvalue weighted by Crippen LogP contribution is 2.66. The quantitative estimate of drug-likeness (QED) is 0.00288.